The molecule has 0 aliphatic heterocycles. The van der Waals surface area contributed by atoms with Crippen molar-refractivity contribution in [1.82, 2.24) is 9.97 Å². The molecule has 2 N–H and O–H groups in total. The second kappa shape index (κ2) is 11.9. The fraction of sp³-hybridized carbons (Fsp3) is 0.353. The van der Waals surface area contributed by atoms with Gasteiger partial charge in [-0.05, 0) is 97.0 Å². The van der Waals surface area contributed by atoms with Crippen molar-refractivity contribution < 1.29 is 14.3 Å². The maximum absolute atomic E-state index is 12.9. The van der Waals surface area contributed by atoms with Crippen LogP contribution in [0.2, 0.25) is 0 Å². The molecule has 43 heavy (non-hydrogen) atoms. The van der Waals surface area contributed by atoms with Gasteiger partial charge in [-0.3, -0.25) is 4.79 Å². The summed E-state index contributed by atoms with van der Waals surface area (Å²) in [6.45, 7) is 10.6. The number of methoxy groups -OCH3 is 1. The lowest BCUT2D eigenvalue weighted by molar-refractivity contribution is -0.118. The zero-order valence-electron chi connectivity index (χ0n) is 25.3. The Labute approximate surface area is 256 Å². The summed E-state index contributed by atoms with van der Waals surface area (Å²) in [6, 6.07) is 13.8. The Morgan fingerprint density at radius 1 is 1.19 bits per heavy atom. The maximum atomic E-state index is 12.9. The zero-order valence-corrected chi connectivity index (χ0v) is 26.2. The van der Waals surface area contributed by atoms with Crippen molar-refractivity contribution in [3.63, 3.8) is 0 Å². The maximum Gasteiger partial charge on any atom is 0.262 e. The van der Waals surface area contributed by atoms with Gasteiger partial charge in [0.2, 0.25) is 0 Å². The molecule has 1 atom stereocenters. The molecule has 0 radical (unpaired) electrons. The number of benzene rings is 2. The number of H-pyrrole nitrogens is 1. The first-order valence-corrected chi connectivity index (χ1v) is 15.1. The van der Waals surface area contributed by atoms with Gasteiger partial charge in [-0.15, -0.1) is 11.3 Å². The third-order valence-corrected chi connectivity index (χ3v) is 9.35. The molecule has 5 rings (SSSR count). The quantitative estimate of drug-likeness (QED) is 0.216. The summed E-state index contributed by atoms with van der Waals surface area (Å²) in [7, 11) is 1.52. The van der Waals surface area contributed by atoms with Crippen molar-refractivity contribution in [2.45, 2.75) is 53.9 Å². The number of anilines is 1. The van der Waals surface area contributed by atoms with Gasteiger partial charge in [-0.1, -0.05) is 26.8 Å². The van der Waals surface area contributed by atoms with Crippen LogP contribution in [0.4, 0.5) is 5.00 Å². The number of amides is 1. The standard InChI is InChI=1S/C34H35N5O3S/c1-19-11-26-27(12-20(19)2)38-32(37-26)22(16-35)13-21-7-10-28(29(14-21)41-6)42-18-31(40)39-33-25(17-36)24-9-8-23(34(3,4)5)15-30(24)43-33/h7,10-14,23H,8-9,15,18H2,1-6H3,(H,37,38)(H,39,40)/b22-13+/t23-/m0/s1. The second-order valence-electron chi connectivity index (χ2n) is 12.1. The lowest BCUT2D eigenvalue weighted by atomic mass is 9.72. The minimum absolute atomic E-state index is 0.193. The van der Waals surface area contributed by atoms with Gasteiger partial charge in [0.05, 0.1) is 29.3 Å². The zero-order chi connectivity index (χ0) is 30.9. The number of allylic oxidation sites excluding steroid dienone is 1. The average molecular weight is 594 g/mol. The number of nitriles is 2. The minimum Gasteiger partial charge on any atom is -0.493 e. The molecular weight excluding hydrogens is 558 g/mol. The SMILES string of the molecule is COc1cc(/C=C(\C#N)c2nc3cc(C)c(C)cc3[nH]2)ccc1OCC(=O)Nc1sc2c(c1C#N)CC[C@H](C(C)(C)C)C2. The summed E-state index contributed by atoms with van der Waals surface area (Å²) >= 11 is 1.50. The summed E-state index contributed by atoms with van der Waals surface area (Å²) in [5.41, 5.74) is 6.88. The molecule has 4 aromatic rings. The van der Waals surface area contributed by atoms with Crippen LogP contribution in [0.15, 0.2) is 30.3 Å². The first-order valence-electron chi connectivity index (χ1n) is 14.2. The van der Waals surface area contributed by atoms with E-state index < -0.39 is 0 Å². The number of nitrogens with zero attached hydrogens (tertiary/aromatic N) is 3. The molecule has 0 saturated carbocycles. The van der Waals surface area contributed by atoms with E-state index in [1.165, 1.54) is 23.3 Å². The van der Waals surface area contributed by atoms with Crippen LogP contribution in [0.5, 0.6) is 11.5 Å². The first-order chi connectivity index (χ1) is 20.5. The van der Waals surface area contributed by atoms with Crippen LogP contribution in [-0.2, 0) is 17.6 Å². The van der Waals surface area contributed by atoms with Crippen LogP contribution >= 0.6 is 11.3 Å². The number of rotatable bonds is 7. The Bertz CT molecular complexity index is 1790. The number of aromatic amines is 1. The molecule has 0 fully saturated rings. The molecule has 0 saturated heterocycles. The molecule has 220 valence electrons. The van der Waals surface area contributed by atoms with Crippen LogP contribution in [0.3, 0.4) is 0 Å². The molecule has 2 aromatic heterocycles. The lowest BCUT2D eigenvalue weighted by Gasteiger charge is -2.33. The second-order valence-corrected chi connectivity index (χ2v) is 13.2. The van der Waals surface area contributed by atoms with E-state index in [2.05, 4.69) is 48.2 Å². The molecule has 0 spiro atoms. The number of aryl methyl sites for hydroxylation is 2. The first kappa shape index (κ1) is 29.9. The molecule has 9 heteroatoms. The number of carbonyl (C=O) groups excluding carboxylic acids is 1. The van der Waals surface area contributed by atoms with E-state index in [1.54, 1.807) is 24.3 Å². The molecule has 0 unspecified atom stereocenters. The largest absolute Gasteiger partial charge is 0.493 e. The summed E-state index contributed by atoms with van der Waals surface area (Å²) in [6.07, 6.45) is 4.54. The van der Waals surface area contributed by atoms with Crippen molar-refractivity contribution in [2.75, 3.05) is 19.0 Å². The summed E-state index contributed by atoms with van der Waals surface area (Å²) in [5, 5.41) is 23.2. The van der Waals surface area contributed by atoms with Gasteiger partial charge in [0.25, 0.3) is 5.91 Å². The van der Waals surface area contributed by atoms with Crippen molar-refractivity contribution in [1.29, 1.82) is 10.5 Å². The molecule has 0 bridgehead atoms. The Kier molecular flexibility index (Phi) is 8.30. The predicted octanol–water partition coefficient (Wildman–Crippen LogP) is 7.35. The van der Waals surface area contributed by atoms with Gasteiger partial charge >= 0.3 is 0 Å². The molecular formula is C34H35N5O3S. The molecule has 1 aliphatic carbocycles. The van der Waals surface area contributed by atoms with Crippen molar-refractivity contribution in [3.8, 4) is 23.6 Å². The number of nitrogens with one attached hydrogen (secondary N) is 2. The van der Waals surface area contributed by atoms with E-state index in [1.807, 2.05) is 26.0 Å². The number of hydrogen-bond donors (Lipinski definition) is 2. The fourth-order valence-corrected chi connectivity index (χ4v) is 6.74. The highest BCUT2D eigenvalue weighted by Gasteiger charge is 2.32. The number of fused-ring (bicyclic) bond motifs is 2. The van der Waals surface area contributed by atoms with E-state index in [0.29, 0.717) is 39.4 Å². The number of hydrogen-bond acceptors (Lipinski definition) is 7. The van der Waals surface area contributed by atoms with Gasteiger partial charge in [-0.25, -0.2) is 4.98 Å². The normalized spacial score (nSPS) is 15.0. The molecule has 1 aliphatic rings. The van der Waals surface area contributed by atoms with Crippen LogP contribution in [-0.4, -0.2) is 29.6 Å². The molecule has 1 amide bonds. The van der Waals surface area contributed by atoms with Crippen LogP contribution < -0.4 is 14.8 Å². The van der Waals surface area contributed by atoms with E-state index >= 15 is 0 Å². The van der Waals surface area contributed by atoms with Gasteiger partial charge in [0.15, 0.2) is 18.1 Å². The highest BCUT2D eigenvalue weighted by molar-refractivity contribution is 7.16. The number of carbonyl (C=O) groups is 1. The Hall–Kier alpha value is -4.60. The molecule has 2 heterocycles. The Morgan fingerprint density at radius 2 is 1.95 bits per heavy atom. The van der Waals surface area contributed by atoms with Gasteiger partial charge < -0.3 is 19.8 Å². The Balaban J connectivity index is 1.28. The fourth-order valence-electron chi connectivity index (χ4n) is 5.45. The smallest absolute Gasteiger partial charge is 0.262 e. The van der Waals surface area contributed by atoms with Crippen molar-refractivity contribution in [2.24, 2.45) is 11.3 Å². The Morgan fingerprint density at radius 3 is 2.65 bits per heavy atom. The van der Waals surface area contributed by atoms with Crippen LogP contribution in [0.1, 0.15) is 65.7 Å². The van der Waals surface area contributed by atoms with E-state index in [9.17, 15) is 15.3 Å². The predicted molar refractivity (Wildman–Crippen MR) is 170 cm³/mol. The van der Waals surface area contributed by atoms with Crippen molar-refractivity contribution in [3.05, 3.63) is 68.9 Å². The van der Waals surface area contributed by atoms with Gasteiger partial charge in [-0.2, -0.15) is 10.5 Å². The molecule has 8 nitrogen and oxygen atoms in total. The third-order valence-electron chi connectivity index (χ3n) is 8.19. The van der Waals surface area contributed by atoms with E-state index in [0.717, 1.165) is 52.5 Å². The lowest BCUT2D eigenvalue weighted by Crippen LogP contribution is -2.26. The van der Waals surface area contributed by atoms with Gasteiger partial charge in [0, 0.05) is 4.88 Å². The number of thiophene rings is 1. The summed E-state index contributed by atoms with van der Waals surface area (Å²) in [5.74, 6) is 1.49. The topological polar surface area (TPSA) is 124 Å². The number of imidazole rings is 1. The van der Waals surface area contributed by atoms with E-state index in [4.69, 9.17) is 9.47 Å². The number of aromatic nitrogens is 2. The highest BCUT2D eigenvalue weighted by Crippen LogP contribution is 2.44. The molecule has 2 aromatic carbocycles. The summed E-state index contributed by atoms with van der Waals surface area (Å²) < 4.78 is 11.3. The average Bonchev–Trinajstić information content (AvgIpc) is 3.54. The number of ether oxygens (including phenoxy) is 2. The monoisotopic (exact) mass is 593 g/mol. The minimum atomic E-state index is -0.351. The van der Waals surface area contributed by atoms with E-state index in [-0.39, 0.29) is 17.9 Å². The summed E-state index contributed by atoms with van der Waals surface area (Å²) in [4.78, 5) is 21.9. The van der Waals surface area contributed by atoms with Crippen LogP contribution in [0.25, 0.3) is 22.7 Å². The van der Waals surface area contributed by atoms with Gasteiger partial charge in [0.1, 0.15) is 23.0 Å². The van der Waals surface area contributed by atoms with Crippen LogP contribution in [0, 0.1) is 47.8 Å². The third kappa shape index (κ3) is 6.28. The van der Waals surface area contributed by atoms with Crippen molar-refractivity contribution >= 4 is 44.9 Å². The highest BCUT2D eigenvalue weighted by atomic mass is 32.1.